The first-order valence-corrected chi connectivity index (χ1v) is 8.41. The van der Waals surface area contributed by atoms with Gasteiger partial charge in [0.1, 0.15) is 6.54 Å². The first-order valence-electron chi connectivity index (χ1n) is 8.03. The van der Waals surface area contributed by atoms with Gasteiger partial charge in [-0.15, -0.1) is 10.2 Å². The average Bonchev–Trinajstić information content (AvgIpc) is 3.21. The summed E-state index contributed by atoms with van der Waals surface area (Å²) in [6.45, 7) is 1.93. The molecule has 2 aromatic carbocycles. The first kappa shape index (κ1) is 16.4. The third kappa shape index (κ3) is 3.32. The van der Waals surface area contributed by atoms with E-state index in [-0.39, 0.29) is 12.5 Å². The summed E-state index contributed by atoms with van der Waals surface area (Å²) in [4.78, 5) is 12.4. The van der Waals surface area contributed by atoms with E-state index in [1.807, 2.05) is 35.0 Å². The fraction of sp³-hybridized carbons (Fsp3) is 0.105. The highest BCUT2D eigenvalue weighted by molar-refractivity contribution is 6.30. The maximum Gasteiger partial charge on any atom is 0.247 e. The van der Waals surface area contributed by atoms with Gasteiger partial charge in [0, 0.05) is 34.9 Å². The van der Waals surface area contributed by atoms with Gasteiger partial charge >= 0.3 is 0 Å². The molecule has 0 atom stereocenters. The molecule has 26 heavy (non-hydrogen) atoms. The zero-order chi connectivity index (χ0) is 18.1. The molecule has 4 aromatic rings. The summed E-state index contributed by atoms with van der Waals surface area (Å²) in [6.07, 6.45) is 1.88. The van der Waals surface area contributed by atoms with Gasteiger partial charge < -0.3 is 14.3 Å². The van der Waals surface area contributed by atoms with E-state index in [2.05, 4.69) is 15.5 Å². The number of aryl methyl sites for hydroxylation is 1. The van der Waals surface area contributed by atoms with Crippen LogP contribution in [0, 0.1) is 6.92 Å². The van der Waals surface area contributed by atoms with Crippen molar-refractivity contribution in [1.29, 1.82) is 0 Å². The van der Waals surface area contributed by atoms with Gasteiger partial charge in [0.25, 0.3) is 0 Å². The molecule has 0 unspecified atom stereocenters. The number of amides is 1. The number of hydrogen-bond acceptors (Lipinski definition) is 4. The molecule has 2 heterocycles. The smallest absolute Gasteiger partial charge is 0.247 e. The molecule has 0 saturated heterocycles. The molecule has 1 N–H and O–H groups in total. The van der Waals surface area contributed by atoms with Gasteiger partial charge in [-0.3, -0.25) is 4.79 Å². The normalized spacial score (nSPS) is 11.0. The molecular formula is C19H15ClN4O2. The van der Waals surface area contributed by atoms with Gasteiger partial charge in [-0.2, -0.15) is 0 Å². The lowest BCUT2D eigenvalue weighted by atomic mass is 10.1. The molecule has 7 heteroatoms. The van der Waals surface area contributed by atoms with Gasteiger partial charge in [0.2, 0.25) is 17.7 Å². The summed E-state index contributed by atoms with van der Waals surface area (Å²) in [5.41, 5.74) is 2.40. The molecule has 130 valence electrons. The molecule has 6 nitrogen and oxygen atoms in total. The van der Waals surface area contributed by atoms with Crippen LogP contribution in [0.3, 0.4) is 0 Å². The minimum Gasteiger partial charge on any atom is -0.421 e. The van der Waals surface area contributed by atoms with Gasteiger partial charge in [0.15, 0.2) is 0 Å². The van der Waals surface area contributed by atoms with Crippen molar-refractivity contribution >= 4 is 34.1 Å². The quantitative estimate of drug-likeness (QED) is 0.584. The fourth-order valence-corrected chi connectivity index (χ4v) is 2.98. The molecule has 0 aliphatic heterocycles. The Hall–Kier alpha value is -3.12. The second-order valence-electron chi connectivity index (χ2n) is 5.90. The number of rotatable bonds is 4. The highest BCUT2D eigenvalue weighted by atomic mass is 35.5. The third-order valence-electron chi connectivity index (χ3n) is 3.97. The van der Waals surface area contributed by atoms with Crippen molar-refractivity contribution < 1.29 is 9.21 Å². The van der Waals surface area contributed by atoms with E-state index < -0.39 is 0 Å². The maximum atomic E-state index is 12.4. The molecule has 0 radical (unpaired) electrons. The Morgan fingerprint density at radius 3 is 2.85 bits per heavy atom. The Bertz CT molecular complexity index is 1100. The van der Waals surface area contributed by atoms with Crippen molar-refractivity contribution in [3.8, 4) is 11.5 Å². The topological polar surface area (TPSA) is 73.0 Å². The molecular weight excluding hydrogens is 352 g/mol. The van der Waals surface area contributed by atoms with E-state index in [9.17, 15) is 4.79 Å². The molecule has 2 aromatic heterocycles. The van der Waals surface area contributed by atoms with Crippen LogP contribution in [-0.2, 0) is 11.3 Å². The van der Waals surface area contributed by atoms with Crippen LogP contribution in [0.2, 0.25) is 5.02 Å². The van der Waals surface area contributed by atoms with Crippen molar-refractivity contribution in [2.45, 2.75) is 13.5 Å². The number of halogens is 1. The van der Waals surface area contributed by atoms with Crippen molar-refractivity contribution in [1.82, 2.24) is 14.8 Å². The van der Waals surface area contributed by atoms with Gasteiger partial charge in [-0.25, -0.2) is 0 Å². The number of aromatic nitrogens is 3. The summed E-state index contributed by atoms with van der Waals surface area (Å²) in [7, 11) is 0. The number of anilines is 1. The fourth-order valence-electron chi connectivity index (χ4n) is 2.79. The number of carbonyl (C=O) groups excluding carboxylic acids is 1. The lowest BCUT2D eigenvalue weighted by Gasteiger charge is -2.08. The maximum absolute atomic E-state index is 12.4. The summed E-state index contributed by atoms with van der Waals surface area (Å²) in [5.74, 6) is 0.834. The van der Waals surface area contributed by atoms with Gasteiger partial charge in [0.05, 0.1) is 0 Å². The van der Waals surface area contributed by atoms with Crippen LogP contribution >= 0.6 is 11.6 Å². The molecule has 0 aliphatic rings. The zero-order valence-corrected chi connectivity index (χ0v) is 14.7. The van der Waals surface area contributed by atoms with Gasteiger partial charge in [-0.1, -0.05) is 23.7 Å². The van der Waals surface area contributed by atoms with Crippen LogP contribution in [0.15, 0.2) is 59.1 Å². The number of carbonyl (C=O) groups is 1. The molecule has 4 rings (SSSR count). The number of nitrogens with one attached hydrogen (secondary N) is 1. The molecule has 0 fully saturated rings. The molecule has 0 bridgehead atoms. The number of benzene rings is 2. The Morgan fingerprint density at radius 2 is 2.08 bits per heavy atom. The summed E-state index contributed by atoms with van der Waals surface area (Å²) in [5, 5.41) is 12.4. The third-order valence-corrected chi connectivity index (χ3v) is 4.20. The van der Waals surface area contributed by atoms with E-state index in [0.29, 0.717) is 22.5 Å². The lowest BCUT2D eigenvalue weighted by Crippen LogP contribution is -2.18. The Labute approximate surface area is 154 Å². The largest absolute Gasteiger partial charge is 0.421 e. The summed E-state index contributed by atoms with van der Waals surface area (Å²) >= 11 is 5.95. The van der Waals surface area contributed by atoms with Crippen molar-refractivity contribution in [3.63, 3.8) is 0 Å². The molecule has 1 amide bonds. The van der Waals surface area contributed by atoms with E-state index in [1.165, 1.54) is 0 Å². The molecule has 0 spiro atoms. The van der Waals surface area contributed by atoms with Crippen LogP contribution < -0.4 is 5.32 Å². The van der Waals surface area contributed by atoms with Crippen molar-refractivity contribution in [2.75, 3.05) is 5.32 Å². The van der Waals surface area contributed by atoms with E-state index >= 15 is 0 Å². The number of hydrogen-bond donors (Lipinski definition) is 1. The Morgan fingerprint density at radius 1 is 1.19 bits per heavy atom. The minimum absolute atomic E-state index is 0.135. The van der Waals surface area contributed by atoms with Crippen LogP contribution in [0.4, 0.5) is 5.69 Å². The van der Waals surface area contributed by atoms with Crippen LogP contribution in [-0.4, -0.2) is 20.7 Å². The van der Waals surface area contributed by atoms with E-state index in [1.54, 1.807) is 31.2 Å². The SMILES string of the molecule is Cc1nnc(-c2ccc3ccn(CC(=O)Nc4cccc(Cl)c4)c3c2)o1. The minimum atomic E-state index is -0.135. The highest BCUT2D eigenvalue weighted by Crippen LogP contribution is 2.24. The van der Waals surface area contributed by atoms with E-state index in [0.717, 1.165) is 16.5 Å². The van der Waals surface area contributed by atoms with Crippen LogP contribution in [0.5, 0.6) is 0 Å². The second-order valence-corrected chi connectivity index (χ2v) is 6.34. The zero-order valence-electron chi connectivity index (χ0n) is 13.9. The van der Waals surface area contributed by atoms with Crippen molar-refractivity contribution in [3.05, 3.63) is 65.6 Å². The predicted octanol–water partition coefficient (Wildman–Crippen LogP) is 4.29. The first-order chi connectivity index (χ1) is 12.6. The number of fused-ring (bicyclic) bond motifs is 1. The highest BCUT2D eigenvalue weighted by Gasteiger charge is 2.11. The summed E-state index contributed by atoms with van der Waals surface area (Å²) in [6, 6.07) is 14.9. The van der Waals surface area contributed by atoms with Crippen molar-refractivity contribution in [2.24, 2.45) is 0 Å². The van der Waals surface area contributed by atoms with E-state index in [4.69, 9.17) is 16.0 Å². The summed E-state index contributed by atoms with van der Waals surface area (Å²) < 4.78 is 7.36. The van der Waals surface area contributed by atoms with Crippen LogP contribution in [0.1, 0.15) is 5.89 Å². The molecule has 0 aliphatic carbocycles. The predicted molar refractivity (Wildman–Crippen MR) is 100 cm³/mol. The Balaban J connectivity index is 1.59. The Kier molecular flexibility index (Phi) is 4.18. The number of nitrogens with zero attached hydrogens (tertiary/aromatic N) is 3. The lowest BCUT2D eigenvalue weighted by molar-refractivity contribution is -0.116. The van der Waals surface area contributed by atoms with Gasteiger partial charge in [-0.05, 0) is 41.8 Å². The molecule has 0 saturated carbocycles. The second kappa shape index (κ2) is 6.65. The average molecular weight is 367 g/mol. The van der Waals surface area contributed by atoms with Crippen LogP contribution in [0.25, 0.3) is 22.4 Å². The monoisotopic (exact) mass is 366 g/mol. The standard InChI is InChI=1S/C19H15ClN4O2/c1-12-22-23-19(26-12)14-6-5-13-7-8-24(17(13)9-14)11-18(25)21-16-4-2-3-15(20)10-16/h2-10H,11H2,1H3,(H,21,25).